The van der Waals surface area contributed by atoms with Crippen molar-refractivity contribution in [2.24, 2.45) is 0 Å². The fourth-order valence-corrected chi connectivity index (χ4v) is 3.71. The van der Waals surface area contributed by atoms with Crippen LogP contribution in [0.4, 0.5) is 21.7 Å². The number of anilines is 3. The number of piperazine rings is 1. The van der Waals surface area contributed by atoms with Crippen LogP contribution in [0.25, 0.3) is 5.69 Å². The molecule has 0 unspecified atom stereocenters. The topological polar surface area (TPSA) is 49.2 Å². The number of rotatable bonds is 5. The van der Waals surface area contributed by atoms with Crippen LogP contribution >= 0.6 is 0 Å². The Bertz CT molecular complexity index is 975. The van der Waals surface area contributed by atoms with E-state index in [0.717, 1.165) is 31.9 Å². The van der Waals surface area contributed by atoms with E-state index in [1.165, 1.54) is 23.4 Å². The molecule has 0 saturated carbocycles. The zero-order valence-electron chi connectivity index (χ0n) is 17.1. The van der Waals surface area contributed by atoms with E-state index < -0.39 is 0 Å². The Labute approximate surface area is 171 Å². The third-order valence-electron chi connectivity index (χ3n) is 5.29. The highest BCUT2D eigenvalue weighted by Gasteiger charge is 2.19. The molecule has 3 aromatic rings. The molecule has 0 bridgehead atoms. The molecule has 2 heterocycles. The smallest absolute Gasteiger partial charge is 0.246 e. The Hall–Kier alpha value is -2.93. The second-order valence-electron chi connectivity index (χ2n) is 7.79. The van der Waals surface area contributed by atoms with E-state index in [1.807, 2.05) is 0 Å². The van der Waals surface area contributed by atoms with Crippen molar-refractivity contribution >= 4 is 17.3 Å². The molecule has 1 aliphatic heterocycles. The molecule has 1 aromatic heterocycles. The first-order valence-corrected chi connectivity index (χ1v) is 10.0. The molecule has 1 aliphatic rings. The highest BCUT2D eigenvalue weighted by molar-refractivity contribution is 5.64. The fraction of sp³-hybridized carbons (Fsp3) is 0.364. The molecule has 0 radical (unpaired) electrons. The number of nitrogens with one attached hydrogen (secondary N) is 1. The molecule has 1 N–H and O–H groups in total. The van der Waals surface area contributed by atoms with Crippen LogP contribution in [0.3, 0.4) is 0 Å². The van der Waals surface area contributed by atoms with Gasteiger partial charge < -0.3 is 10.2 Å². The van der Waals surface area contributed by atoms with Crippen molar-refractivity contribution in [1.29, 1.82) is 0 Å². The summed E-state index contributed by atoms with van der Waals surface area (Å²) in [5.74, 6) is 0.184. The average Bonchev–Trinajstić information content (AvgIpc) is 3.16. The Morgan fingerprint density at radius 2 is 1.79 bits per heavy atom. The molecule has 1 saturated heterocycles. The fourth-order valence-electron chi connectivity index (χ4n) is 3.71. The maximum Gasteiger partial charge on any atom is 0.246 e. The lowest BCUT2D eigenvalue weighted by atomic mass is 10.1. The third-order valence-corrected chi connectivity index (χ3v) is 5.29. The van der Waals surface area contributed by atoms with Gasteiger partial charge in [-0.15, -0.1) is 5.10 Å². The highest BCUT2D eigenvalue weighted by atomic mass is 19.1. The van der Waals surface area contributed by atoms with Crippen molar-refractivity contribution in [2.75, 3.05) is 36.4 Å². The predicted molar refractivity (Wildman–Crippen MR) is 115 cm³/mol. The van der Waals surface area contributed by atoms with E-state index in [-0.39, 0.29) is 5.82 Å². The van der Waals surface area contributed by atoms with Gasteiger partial charge in [-0.2, -0.15) is 4.98 Å². The van der Waals surface area contributed by atoms with Crippen LogP contribution in [0, 0.1) is 12.7 Å². The first kappa shape index (κ1) is 19.4. The zero-order valence-corrected chi connectivity index (χ0v) is 17.1. The van der Waals surface area contributed by atoms with E-state index in [9.17, 15) is 4.39 Å². The number of benzene rings is 2. The molecule has 6 nitrogen and oxygen atoms in total. The van der Waals surface area contributed by atoms with Gasteiger partial charge in [0.15, 0.2) is 0 Å². The Balaban J connectivity index is 1.49. The summed E-state index contributed by atoms with van der Waals surface area (Å²) in [5.41, 5.74) is 3.98. The normalized spacial score (nSPS) is 15.1. The number of aryl methyl sites for hydroxylation is 1. The highest BCUT2D eigenvalue weighted by Crippen LogP contribution is 2.25. The van der Waals surface area contributed by atoms with Crippen LogP contribution in [0.15, 0.2) is 48.8 Å². The molecule has 152 valence electrons. The summed E-state index contributed by atoms with van der Waals surface area (Å²) < 4.78 is 15.0. The van der Waals surface area contributed by atoms with Crippen molar-refractivity contribution in [3.05, 3.63) is 60.2 Å². The van der Waals surface area contributed by atoms with E-state index in [0.29, 0.717) is 17.7 Å². The Morgan fingerprint density at radius 3 is 2.52 bits per heavy atom. The maximum absolute atomic E-state index is 13.5. The molecule has 7 heteroatoms. The summed E-state index contributed by atoms with van der Waals surface area (Å²) in [6.07, 6.45) is 1.58. The van der Waals surface area contributed by atoms with Crippen molar-refractivity contribution in [1.82, 2.24) is 19.7 Å². The number of nitrogens with zero attached hydrogens (tertiary/aromatic N) is 5. The SMILES string of the molecule is Cc1cc(Nc2ncn(-c3cccc(F)c3)n2)cc(N2CCN(C(C)C)CC2)c1. The number of hydrogen-bond donors (Lipinski definition) is 1. The number of halogens is 1. The van der Waals surface area contributed by atoms with Gasteiger partial charge in [-0.1, -0.05) is 6.07 Å². The second kappa shape index (κ2) is 8.21. The maximum atomic E-state index is 13.5. The molecule has 29 heavy (non-hydrogen) atoms. The molecule has 0 atom stereocenters. The van der Waals surface area contributed by atoms with E-state index in [4.69, 9.17) is 0 Å². The quantitative estimate of drug-likeness (QED) is 0.709. The van der Waals surface area contributed by atoms with Gasteiger partial charge in [-0.3, -0.25) is 4.90 Å². The first-order valence-electron chi connectivity index (χ1n) is 10.0. The van der Waals surface area contributed by atoms with Crippen LogP contribution < -0.4 is 10.2 Å². The van der Waals surface area contributed by atoms with Crippen molar-refractivity contribution in [3.8, 4) is 5.69 Å². The molecule has 0 aliphatic carbocycles. The van der Waals surface area contributed by atoms with Gasteiger partial charge in [0.1, 0.15) is 12.1 Å². The first-order chi connectivity index (χ1) is 14.0. The van der Waals surface area contributed by atoms with Gasteiger partial charge in [-0.25, -0.2) is 9.07 Å². The van der Waals surface area contributed by atoms with Crippen LogP contribution in [-0.2, 0) is 0 Å². The minimum Gasteiger partial charge on any atom is -0.369 e. The van der Waals surface area contributed by atoms with Crippen LogP contribution in [-0.4, -0.2) is 51.9 Å². The molecular formula is C22H27FN6. The van der Waals surface area contributed by atoms with Gasteiger partial charge in [0.2, 0.25) is 5.95 Å². The van der Waals surface area contributed by atoms with Crippen LogP contribution in [0.5, 0.6) is 0 Å². The lowest BCUT2D eigenvalue weighted by Gasteiger charge is -2.38. The van der Waals surface area contributed by atoms with Gasteiger partial charge >= 0.3 is 0 Å². The van der Waals surface area contributed by atoms with E-state index in [2.05, 4.69) is 64.2 Å². The van der Waals surface area contributed by atoms with Gasteiger partial charge in [-0.05, 0) is 62.7 Å². The third kappa shape index (κ3) is 4.56. The van der Waals surface area contributed by atoms with Gasteiger partial charge in [0.25, 0.3) is 0 Å². The monoisotopic (exact) mass is 394 g/mol. The minimum absolute atomic E-state index is 0.298. The van der Waals surface area contributed by atoms with Gasteiger partial charge in [0.05, 0.1) is 5.69 Å². The van der Waals surface area contributed by atoms with Crippen LogP contribution in [0.1, 0.15) is 19.4 Å². The predicted octanol–water partition coefficient (Wildman–Crippen LogP) is 3.99. The number of hydrogen-bond acceptors (Lipinski definition) is 5. The Morgan fingerprint density at radius 1 is 1.00 bits per heavy atom. The van der Waals surface area contributed by atoms with Crippen molar-refractivity contribution < 1.29 is 4.39 Å². The zero-order chi connectivity index (χ0) is 20.4. The molecule has 0 spiro atoms. The van der Waals surface area contributed by atoms with E-state index in [1.54, 1.807) is 23.1 Å². The molecule has 4 rings (SSSR count). The summed E-state index contributed by atoms with van der Waals surface area (Å²) in [6, 6.07) is 13.3. The minimum atomic E-state index is -0.298. The number of aromatic nitrogens is 3. The largest absolute Gasteiger partial charge is 0.369 e. The van der Waals surface area contributed by atoms with Crippen molar-refractivity contribution in [2.45, 2.75) is 26.8 Å². The van der Waals surface area contributed by atoms with Crippen molar-refractivity contribution in [3.63, 3.8) is 0 Å². The Kier molecular flexibility index (Phi) is 5.49. The second-order valence-corrected chi connectivity index (χ2v) is 7.79. The lowest BCUT2D eigenvalue weighted by molar-refractivity contribution is 0.209. The molecule has 1 fully saturated rings. The summed E-state index contributed by atoms with van der Waals surface area (Å²) in [5, 5.41) is 7.71. The molecule has 2 aromatic carbocycles. The summed E-state index contributed by atoms with van der Waals surface area (Å²) >= 11 is 0. The van der Waals surface area contributed by atoms with Gasteiger partial charge in [0, 0.05) is 43.6 Å². The summed E-state index contributed by atoms with van der Waals surface area (Å²) in [4.78, 5) is 9.25. The molecule has 0 amide bonds. The summed E-state index contributed by atoms with van der Waals surface area (Å²) in [7, 11) is 0. The lowest BCUT2D eigenvalue weighted by Crippen LogP contribution is -2.48. The summed E-state index contributed by atoms with van der Waals surface area (Å²) in [6.45, 7) is 10.8. The van der Waals surface area contributed by atoms with Crippen LogP contribution in [0.2, 0.25) is 0 Å². The molecular weight excluding hydrogens is 367 g/mol. The van der Waals surface area contributed by atoms with E-state index >= 15 is 0 Å². The standard InChI is InChI=1S/C22H27FN6/c1-16(2)27-7-9-28(10-8-27)21-12-17(3)11-19(14-21)25-22-24-15-29(26-22)20-6-4-5-18(23)13-20/h4-6,11-16H,7-10H2,1-3H3,(H,25,26). The average molecular weight is 394 g/mol.